The van der Waals surface area contributed by atoms with Crippen LogP contribution in [0.25, 0.3) is 0 Å². The molecule has 0 radical (unpaired) electrons. The minimum atomic E-state index is -4.77. The van der Waals surface area contributed by atoms with Gasteiger partial charge in [-0.25, -0.2) is 13.2 Å². The van der Waals surface area contributed by atoms with E-state index in [1.807, 2.05) is 0 Å². The quantitative estimate of drug-likeness (QED) is 0.703. The van der Waals surface area contributed by atoms with Crippen LogP contribution in [0.5, 0.6) is 0 Å². The Labute approximate surface area is 163 Å². The van der Waals surface area contributed by atoms with Crippen molar-refractivity contribution in [1.82, 2.24) is 14.7 Å². The molecule has 0 saturated heterocycles. The highest BCUT2D eigenvalue weighted by atomic mass is 35.5. The first-order valence-electron chi connectivity index (χ1n) is 7.59. The molecule has 0 aliphatic rings. The van der Waals surface area contributed by atoms with Gasteiger partial charge in [0, 0.05) is 13.1 Å². The SMILES string of the molecule is CCN(CC)C(=O)n1cc(Cl)c(S(=O)(=O)c2cc(C(F)(F)F)ccc2Cl)n1. The molecule has 0 fully saturated rings. The summed E-state index contributed by atoms with van der Waals surface area (Å²) in [6, 6.07) is 1.26. The number of hydrogen-bond acceptors (Lipinski definition) is 4. The number of carbonyl (C=O) groups excluding carboxylic acids is 1. The van der Waals surface area contributed by atoms with Crippen LogP contribution in [0.3, 0.4) is 0 Å². The number of alkyl halides is 3. The molecule has 1 aromatic heterocycles. The van der Waals surface area contributed by atoms with E-state index in [-0.39, 0.29) is 0 Å². The number of sulfone groups is 1. The Morgan fingerprint density at radius 2 is 1.78 bits per heavy atom. The predicted molar refractivity (Wildman–Crippen MR) is 92.9 cm³/mol. The van der Waals surface area contributed by atoms with Crippen molar-refractivity contribution in [3.05, 3.63) is 40.0 Å². The molecular formula is C15H14Cl2F3N3O3S. The molecule has 0 unspecified atom stereocenters. The van der Waals surface area contributed by atoms with Crippen LogP contribution >= 0.6 is 23.2 Å². The number of nitrogens with zero attached hydrogens (tertiary/aromatic N) is 3. The summed E-state index contributed by atoms with van der Waals surface area (Å²) in [5.41, 5.74) is -1.19. The van der Waals surface area contributed by atoms with E-state index in [0.29, 0.717) is 25.2 Å². The largest absolute Gasteiger partial charge is 0.416 e. The van der Waals surface area contributed by atoms with Crippen LogP contribution in [0, 0.1) is 0 Å². The smallest absolute Gasteiger partial charge is 0.323 e. The Morgan fingerprint density at radius 3 is 2.30 bits per heavy atom. The number of halogens is 5. The molecule has 1 aromatic carbocycles. The van der Waals surface area contributed by atoms with Gasteiger partial charge in [0.15, 0.2) is 0 Å². The minimum absolute atomic E-state index is 0.342. The molecule has 0 bridgehead atoms. The number of benzene rings is 1. The third kappa shape index (κ3) is 4.22. The topological polar surface area (TPSA) is 72.3 Å². The molecule has 0 N–H and O–H groups in total. The number of carbonyl (C=O) groups is 1. The fraction of sp³-hybridized carbons (Fsp3) is 0.333. The zero-order valence-electron chi connectivity index (χ0n) is 14.1. The van der Waals surface area contributed by atoms with Crippen molar-refractivity contribution >= 4 is 39.1 Å². The fourth-order valence-corrected chi connectivity index (χ4v) is 4.42. The summed E-state index contributed by atoms with van der Waals surface area (Å²) in [5, 5.41) is 2.07. The summed E-state index contributed by atoms with van der Waals surface area (Å²) in [5.74, 6) is 0. The van der Waals surface area contributed by atoms with Crippen LogP contribution in [0.1, 0.15) is 19.4 Å². The monoisotopic (exact) mass is 443 g/mol. The first-order valence-corrected chi connectivity index (χ1v) is 9.83. The maximum Gasteiger partial charge on any atom is 0.416 e. The average Bonchev–Trinajstić information content (AvgIpc) is 2.97. The molecule has 1 amide bonds. The molecule has 0 aliphatic carbocycles. The standard InChI is InChI=1S/C15H14Cl2F3N3O3S/c1-3-22(4-2)14(24)23-8-11(17)13(21-23)27(25,26)12-7-9(15(18,19)20)5-6-10(12)16/h5-8H,3-4H2,1-2H3. The Kier molecular flexibility index (Phi) is 6.13. The van der Waals surface area contributed by atoms with Crippen LogP contribution in [0.2, 0.25) is 10.0 Å². The van der Waals surface area contributed by atoms with Crippen LogP contribution in [0.4, 0.5) is 18.0 Å². The van der Waals surface area contributed by atoms with Crippen molar-refractivity contribution < 1.29 is 26.4 Å². The zero-order valence-corrected chi connectivity index (χ0v) is 16.4. The third-order valence-corrected chi connectivity index (χ3v) is 6.23. The second-order valence-corrected chi connectivity index (χ2v) is 7.98. The van der Waals surface area contributed by atoms with E-state index in [4.69, 9.17) is 23.2 Å². The molecule has 148 valence electrons. The molecule has 6 nitrogen and oxygen atoms in total. The second kappa shape index (κ2) is 7.69. The van der Waals surface area contributed by atoms with Gasteiger partial charge in [-0.3, -0.25) is 0 Å². The Bertz CT molecular complexity index is 970. The zero-order chi connectivity index (χ0) is 20.6. The van der Waals surface area contributed by atoms with Gasteiger partial charge in [-0.2, -0.15) is 23.0 Å². The van der Waals surface area contributed by atoms with Gasteiger partial charge in [-0.15, -0.1) is 0 Å². The van der Waals surface area contributed by atoms with Gasteiger partial charge in [-0.1, -0.05) is 23.2 Å². The number of hydrogen-bond donors (Lipinski definition) is 0. The molecular weight excluding hydrogens is 430 g/mol. The van der Waals surface area contributed by atoms with Gasteiger partial charge in [0.2, 0.25) is 14.9 Å². The van der Waals surface area contributed by atoms with Crippen molar-refractivity contribution in [2.75, 3.05) is 13.1 Å². The minimum Gasteiger partial charge on any atom is -0.323 e. The van der Waals surface area contributed by atoms with E-state index in [9.17, 15) is 26.4 Å². The Balaban J connectivity index is 2.57. The first kappa shape index (κ1) is 21.5. The summed E-state index contributed by atoms with van der Waals surface area (Å²) in [4.78, 5) is 12.8. The lowest BCUT2D eigenvalue weighted by Crippen LogP contribution is -2.34. The van der Waals surface area contributed by atoms with Crippen molar-refractivity contribution in [3.8, 4) is 0 Å². The molecule has 0 aliphatic heterocycles. The van der Waals surface area contributed by atoms with E-state index in [1.54, 1.807) is 13.8 Å². The van der Waals surface area contributed by atoms with Crippen LogP contribution in [-0.4, -0.2) is 42.2 Å². The van der Waals surface area contributed by atoms with Crippen LogP contribution in [-0.2, 0) is 16.0 Å². The van der Waals surface area contributed by atoms with E-state index in [0.717, 1.165) is 16.9 Å². The lowest BCUT2D eigenvalue weighted by molar-refractivity contribution is -0.137. The molecule has 1 heterocycles. The van der Waals surface area contributed by atoms with Gasteiger partial charge in [-0.05, 0) is 32.0 Å². The Morgan fingerprint density at radius 1 is 1.19 bits per heavy atom. The van der Waals surface area contributed by atoms with Crippen LogP contribution < -0.4 is 0 Å². The lowest BCUT2D eigenvalue weighted by Gasteiger charge is -2.17. The summed E-state index contributed by atoms with van der Waals surface area (Å²) < 4.78 is 65.0. The number of rotatable bonds is 4. The molecule has 2 rings (SSSR count). The summed E-state index contributed by atoms with van der Waals surface area (Å²) in [6.07, 6.45) is -3.78. The molecule has 0 atom stereocenters. The average molecular weight is 444 g/mol. The lowest BCUT2D eigenvalue weighted by atomic mass is 10.2. The van der Waals surface area contributed by atoms with E-state index in [1.165, 1.54) is 4.90 Å². The highest BCUT2D eigenvalue weighted by Gasteiger charge is 2.35. The van der Waals surface area contributed by atoms with E-state index >= 15 is 0 Å². The summed E-state index contributed by atoms with van der Waals surface area (Å²) >= 11 is 11.7. The normalized spacial score (nSPS) is 12.3. The fourth-order valence-electron chi connectivity index (χ4n) is 2.25. The summed E-state index contributed by atoms with van der Waals surface area (Å²) in [7, 11) is -4.60. The first-order chi connectivity index (χ1) is 12.4. The second-order valence-electron chi connectivity index (χ2n) is 5.33. The van der Waals surface area contributed by atoms with Gasteiger partial charge in [0.25, 0.3) is 0 Å². The maximum atomic E-state index is 12.9. The number of amides is 1. The molecule has 0 saturated carbocycles. The van der Waals surface area contributed by atoms with Gasteiger partial charge in [0.1, 0.15) is 0 Å². The van der Waals surface area contributed by atoms with Gasteiger partial charge >= 0.3 is 12.2 Å². The highest BCUT2D eigenvalue weighted by molar-refractivity contribution is 7.91. The maximum absolute atomic E-state index is 12.9. The van der Waals surface area contributed by atoms with Crippen molar-refractivity contribution in [1.29, 1.82) is 0 Å². The van der Waals surface area contributed by atoms with Gasteiger partial charge < -0.3 is 4.90 Å². The van der Waals surface area contributed by atoms with E-state index in [2.05, 4.69) is 5.10 Å². The van der Waals surface area contributed by atoms with Gasteiger partial charge in [0.05, 0.1) is 26.7 Å². The van der Waals surface area contributed by atoms with Crippen molar-refractivity contribution in [3.63, 3.8) is 0 Å². The number of aromatic nitrogens is 2. The summed E-state index contributed by atoms with van der Waals surface area (Å²) in [6.45, 7) is 4.11. The molecule has 27 heavy (non-hydrogen) atoms. The molecule has 0 spiro atoms. The Hall–Kier alpha value is -1.78. The third-order valence-electron chi connectivity index (χ3n) is 3.67. The molecule has 12 heteroatoms. The predicted octanol–water partition coefficient (Wildman–Crippen LogP) is 4.35. The van der Waals surface area contributed by atoms with Crippen molar-refractivity contribution in [2.45, 2.75) is 29.9 Å². The van der Waals surface area contributed by atoms with Crippen LogP contribution in [0.15, 0.2) is 34.3 Å². The van der Waals surface area contributed by atoms with E-state index < -0.39 is 47.6 Å². The highest BCUT2D eigenvalue weighted by Crippen LogP contribution is 2.36. The van der Waals surface area contributed by atoms with Crippen molar-refractivity contribution in [2.24, 2.45) is 0 Å². The molecule has 2 aromatic rings.